The van der Waals surface area contributed by atoms with E-state index in [1.807, 2.05) is 19.9 Å². The van der Waals surface area contributed by atoms with Gasteiger partial charge in [0.25, 0.3) is 5.95 Å². The fourth-order valence-electron chi connectivity index (χ4n) is 2.88. The van der Waals surface area contributed by atoms with Crippen LogP contribution in [0.4, 0.5) is 14.6 Å². The van der Waals surface area contributed by atoms with Crippen LogP contribution in [0.2, 0.25) is 0 Å². The van der Waals surface area contributed by atoms with Crippen molar-refractivity contribution in [2.75, 3.05) is 12.4 Å². The van der Waals surface area contributed by atoms with Crippen molar-refractivity contribution < 1.29 is 13.5 Å². The minimum absolute atomic E-state index is 0.0209. The minimum Gasteiger partial charge on any atom is -0.375 e. The molecule has 0 radical (unpaired) electrons. The quantitative estimate of drug-likeness (QED) is 0.890. The van der Waals surface area contributed by atoms with Crippen LogP contribution in [0.3, 0.4) is 0 Å². The van der Waals surface area contributed by atoms with Crippen LogP contribution in [-0.2, 0) is 4.74 Å². The summed E-state index contributed by atoms with van der Waals surface area (Å²) in [6.07, 6.45) is 2.22. The number of ether oxygens (including phenoxy) is 1. The molecule has 2 aromatic heterocycles. The molecule has 0 bridgehead atoms. The molecule has 0 aliphatic heterocycles. The zero-order valence-corrected chi connectivity index (χ0v) is 14.7. The number of nitrogens with one attached hydrogen (secondary N) is 1. The molecule has 3 rings (SSSR count). The van der Waals surface area contributed by atoms with Crippen molar-refractivity contribution in [1.29, 1.82) is 0 Å². The molecule has 0 aromatic carbocycles. The van der Waals surface area contributed by atoms with E-state index in [2.05, 4.69) is 20.4 Å². The van der Waals surface area contributed by atoms with Gasteiger partial charge in [0.2, 0.25) is 5.92 Å². The van der Waals surface area contributed by atoms with Crippen LogP contribution in [0.5, 0.6) is 0 Å². The molecule has 8 heteroatoms. The molecule has 0 spiro atoms. The van der Waals surface area contributed by atoms with Crippen LogP contribution in [0.25, 0.3) is 5.95 Å². The molecule has 1 atom stereocenters. The first-order chi connectivity index (χ1) is 11.9. The Labute approximate surface area is 145 Å². The fraction of sp³-hybridized carbons (Fsp3) is 0.588. The zero-order valence-electron chi connectivity index (χ0n) is 14.7. The molecular weight excluding hydrogens is 328 g/mol. The summed E-state index contributed by atoms with van der Waals surface area (Å²) in [5.74, 6) is -1.51. The highest BCUT2D eigenvalue weighted by atomic mass is 19.3. The van der Waals surface area contributed by atoms with E-state index < -0.39 is 5.92 Å². The molecule has 1 unspecified atom stereocenters. The standard InChI is InChI=1S/C17H23F2N5O/c1-11-6-9-24(23-11)16-21-14(12(2)25-3)10-15(22-16)20-13-4-7-17(18,19)8-5-13/h6,9-10,12-13H,4-5,7-8H2,1-3H3,(H,20,21,22). The molecule has 1 N–H and O–H groups in total. The third-order valence-corrected chi connectivity index (χ3v) is 4.50. The third kappa shape index (κ3) is 4.31. The van der Waals surface area contributed by atoms with Gasteiger partial charge < -0.3 is 10.1 Å². The van der Waals surface area contributed by atoms with Crippen molar-refractivity contribution in [3.05, 3.63) is 29.7 Å². The third-order valence-electron chi connectivity index (χ3n) is 4.50. The molecule has 1 aliphatic rings. The molecule has 0 amide bonds. The van der Waals surface area contributed by atoms with Gasteiger partial charge in [-0.2, -0.15) is 10.1 Å². The average Bonchev–Trinajstić information content (AvgIpc) is 3.02. The highest BCUT2D eigenvalue weighted by Gasteiger charge is 2.35. The molecule has 6 nitrogen and oxygen atoms in total. The van der Waals surface area contributed by atoms with Crippen molar-refractivity contribution >= 4 is 5.82 Å². The average molecular weight is 351 g/mol. The van der Waals surface area contributed by atoms with Crippen molar-refractivity contribution in [3.8, 4) is 5.95 Å². The van der Waals surface area contributed by atoms with Crippen molar-refractivity contribution in [2.24, 2.45) is 0 Å². The molecule has 25 heavy (non-hydrogen) atoms. The normalized spacial score (nSPS) is 18.9. The maximum atomic E-state index is 13.3. The van der Waals surface area contributed by atoms with E-state index in [9.17, 15) is 8.78 Å². The Kier molecular flexibility index (Phi) is 4.99. The number of anilines is 1. The summed E-state index contributed by atoms with van der Waals surface area (Å²) in [6.45, 7) is 3.78. The van der Waals surface area contributed by atoms with Gasteiger partial charge in [-0.3, -0.25) is 0 Å². The van der Waals surface area contributed by atoms with Crippen LogP contribution in [0.15, 0.2) is 18.3 Å². The van der Waals surface area contributed by atoms with Gasteiger partial charge in [0.1, 0.15) is 5.82 Å². The lowest BCUT2D eigenvalue weighted by molar-refractivity contribution is -0.0361. The van der Waals surface area contributed by atoms with E-state index in [1.54, 1.807) is 24.1 Å². The summed E-state index contributed by atoms with van der Waals surface area (Å²) in [7, 11) is 1.61. The summed E-state index contributed by atoms with van der Waals surface area (Å²) in [6, 6.07) is 3.65. The van der Waals surface area contributed by atoms with Crippen LogP contribution >= 0.6 is 0 Å². The Hall–Kier alpha value is -2.09. The molecule has 2 heterocycles. The molecule has 1 fully saturated rings. The number of halogens is 2. The number of alkyl halides is 2. The summed E-state index contributed by atoms with van der Waals surface area (Å²) >= 11 is 0. The summed E-state index contributed by atoms with van der Waals surface area (Å²) in [4.78, 5) is 9.01. The van der Waals surface area contributed by atoms with Crippen LogP contribution in [0, 0.1) is 6.92 Å². The summed E-state index contributed by atoms with van der Waals surface area (Å²) < 4.78 is 33.6. The van der Waals surface area contributed by atoms with Gasteiger partial charge in [0, 0.05) is 38.3 Å². The number of methoxy groups -OCH3 is 1. The first-order valence-corrected chi connectivity index (χ1v) is 8.45. The lowest BCUT2D eigenvalue weighted by Gasteiger charge is -2.29. The number of rotatable bonds is 5. The molecule has 1 aliphatic carbocycles. The molecular formula is C17H23F2N5O. The Morgan fingerprint density at radius 1 is 1.32 bits per heavy atom. The molecule has 0 saturated heterocycles. The summed E-state index contributed by atoms with van der Waals surface area (Å²) in [5, 5.41) is 7.61. The first kappa shape index (κ1) is 17.7. The highest BCUT2D eigenvalue weighted by Crippen LogP contribution is 2.34. The molecule has 136 valence electrons. The second-order valence-corrected chi connectivity index (χ2v) is 6.53. The maximum Gasteiger partial charge on any atom is 0.252 e. The van der Waals surface area contributed by atoms with E-state index in [0.717, 1.165) is 5.69 Å². The lowest BCUT2D eigenvalue weighted by Crippen LogP contribution is -2.32. The van der Waals surface area contributed by atoms with Crippen LogP contribution < -0.4 is 5.32 Å². The maximum absolute atomic E-state index is 13.3. The SMILES string of the molecule is COC(C)c1cc(NC2CCC(F)(F)CC2)nc(-n2ccc(C)n2)n1. The lowest BCUT2D eigenvalue weighted by atomic mass is 9.92. The second kappa shape index (κ2) is 7.03. The Balaban J connectivity index is 1.85. The van der Waals surface area contributed by atoms with E-state index in [1.165, 1.54) is 0 Å². The van der Waals surface area contributed by atoms with Gasteiger partial charge in [-0.15, -0.1) is 0 Å². The van der Waals surface area contributed by atoms with E-state index in [-0.39, 0.29) is 25.0 Å². The monoisotopic (exact) mass is 351 g/mol. The number of hydrogen-bond acceptors (Lipinski definition) is 5. The molecule has 1 saturated carbocycles. The van der Waals surface area contributed by atoms with Gasteiger partial charge in [0.05, 0.1) is 17.5 Å². The van der Waals surface area contributed by atoms with Gasteiger partial charge in [-0.25, -0.2) is 18.4 Å². The number of nitrogens with zero attached hydrogens (tertiary/aromatic N) is 4. The molecule has 2 aromatic rings. The van der Waals surface area contributed by atoms with Crippen molar-refractivity contribution in [2.45, 2.75) is 57.6 Å². The Bertz CT molecular complexity index is 724. The number of aromatic nitrogens is 4. The van der Waals surface area contributed by atoms with Gasteiger partial charge in [-0.05, 0) is 32.8 Å². The Morgan fingerprint density at radius 3 is 2.64 bits per heavy atom. The minimum atomic E-state index is -2.54. The number of hydrogen-bond donors (Lipinski definition) is 1. The predicted molar refractivity (Wildman–Crippen MR) is 90.1 cm³/mol. The van der Waals surface area contributed by atoms with Gasteiger partial charge in [-0.1, -0.05) is 0 Å². The van der Waals surface area contributed by atoms with E-state index in [0.29, 0.717) is 30.3 Å². The predicted octanol–water partition coefficient (Wildman–Crippen LogP) is 3.67. The largest absolute Gasteiger partial charge is 0.375 e. The van der Waals surface area contributed by atoms with E-state index in [4.69, 9.17) is 4.74 Å². The van der Waals surface area contributed by atoms with Gasteiger partial charge in [0.15, 0.2) is 0 Å². The van der Waals surface area contributed by atoms with E-state index >= 15 is 0 Å². The topological polar surface area (TPSA) is 64.9 Å². The van der Waals surface area contributed by atoms with Crippen LogP contribution in [-0.4, -0.2) is 38.8 Å². The highest BCUT2D eigenvalue weighted by molar-refractivity contribution is 5.40. The van der Waals surface area contributed by atoms with Crippen LogP contribution in [0.1, 0.15) is 50.1 Å². The van der Waals surface area contributed by atoms with Crippen molar-refractivity contribution in [1.82, 2.24) is 19.7 Å². The fourth-order valence-corrected chi connectivity index (χ4v) is 2.88. The smallest absolute Gasteiger partial charge is 0.252 e. The zero-order chi connectivity index (χ0) is 18.0. The second-order valence-electron chi connectivity index (χ2n) is 6.53. The van der Waals surface area contributed by atoms with Gasteiger partial charge >= 0.3 is 0 Å². The summed E-state index contributed by atoms with van der Waals surface area (Å²) in [5.41, 5.74) is 1.57. The Morgan fingerprint density at radius 2 is 2.04 bits per heavy atom. The first-order valence-electron chi connectivity index (χ1n) is 8.45. The van der Waals surface area contributed by atoms with Crippen molar-refractivity contribution in [3.63, 3.8) is 0 Å². The number of aryl methyl sites for hydroxylation is 1.